The lowest BCUT2D eigenvalue weighted by Crippen LogP contribution is -2.36. The molecule has 0 heterocycles. The first kappa shape index (κ1) is 16.2. The van der Waals surface area contributed by atoms with Gasteiger partial charge in [0.05, 0.1) is 13.2 Å². The summed E-state index contributed by atoms with van der Waals surface area (Å²) in [6.45, 7) is 5.42. The van der Waals surface area contributed by atoms with E-state index in [1.165, 1.54) is 13.2 Å². The van der Waals surface area contributed by atoms with E-state index in [-0.39, 0.29) is 12.3 Å². The molecule has 0 saturated carbocycles. The van der Waals surface area contributed by atoms with Crippen LogP contribution in [-0.4, -0.2) is 25.3 Å². The van der Waals surface area contributed by atoms with Crippen molar-refractivity contribution in [1.29, 1.82) is 0 Å². The molecule has 3 N–H and O–H groups in total. The number of halogens is 1. The number of rotatable bonds is 4. The number of nitrogens with two attached hydrogens (primary N) is 1. The van der Waals surface area contributed by atoms with Crippen LogP contribution in [0.2, 0.25) is 0 Å². The van der Waals surface area contributed by atoms with Crippen molar-refractivity contribution < 1.29 is 18.7 Å². The molecule has 1 unspecified atom stereocenters. The van der Waals surface area contributed by atoms with Crippen LogP contribution in [0.5, 0.6) is 5.75 Å². The van der Waals surface area contributed by atoms with E-state index in [9.17, 15) is 9.18 Å². The van der Waals surface area contributed by atoms with Crippen molar-refractivity contribution in [1.82, 2.24) is 5.32 Å². The number of amides is 1. The van der Waals surface area contributed by atoms with Crippen molar-refractivity contribution in [2.24, 2.45) is 5.73 Å². The zero-order chi connectivity index (χ0) is 15.3. The second-order valence-corrected chi connectivity index (χ2v) is 5.35. The highest BCUT2D eigenvalue weighted by Crippen LogP contribution is 2.26. The fourth-order valence-electron chi connectivity index (χ4n) is 1.65. The highest BCUT2D eigenvalue weighted by molar-refractivity contribution is 5.67. The molecular weight excluding hydrogens is 263 g/mol. The zero-order valence-corrected chi connectivity index (χ0v) is 12.2. The fourth-order valence-corrected chi connectivity index (χ4v) is 1.65. The van der Waals surface area contributed by atoms with Gasteiger partial charge in [0, 0.05) is 12.1 Å². The van der Waals surface area contributed by atoms with Gasteiger partial charge in [-0.05, 0) is 26.8 Å². The fraction of sp³-hybridized carbons (Fsp3) is 0.500. The second-order valence-electron chi connectivity index (χ2n) is 5.35. The van der Waals surface area contributed by atoms with Crippen molar-refractivity contribution in [3.05, 3.63) is 29.6 Å². The minimum Gasteiger partial charge on any atom is -0.493 e. The molecule has 0 aliphatic rings. The molecule has 0 radical (unpaired) electrons. The highest BCUT2D eigenvalue weighted by atomic mass is 19.1. The number of hydrogen-bond donors (Lipinski definition) is 2. The lowest BCUT2D eigenvalue weighted by atomic mass is 10.1. The molecule has 1 aromatic carbocycles. The Labute approximate surface area is 118 Å². The summed E-state index contributed by atoms with van der Waals surface area (Å²) in [5.74, 6) is -0.399. The molecule has 20 heavy (non-hydrogen) atoms. The lowest BCUT2D eigenvalue weighted by molar-refractivity contribution is 0.0524. The number of benzene rings is 1. The second kappa shape index (κ2) is 6.56. The summed E-state index contributed by atoms with van der Waals surface area (Å²) in [5, 5.41) is 2.54. The Morgan fingerprint density at radius 3 is 2.65 bits per heavy atom. The van der Waals surface area contributed by atoms with E-state index in [2.05, 4.69) is 5.32 Å². The Bertz CT molecular complexity index is 472. The van der Waals surface area contributed by atoms with Gasteiger partial charge in [-0.25, -0.2) is 9.18 Å². The van der Waals surface area contributed by atoms with Gasteiger partial charge in [0.15, 0.2) is 11.6 Å². The van der Waals surface area contributed by atoms with Crippen LogP contribution in [0, 0.1) is 5.82 Å². The van der Waals surface area contributed by atoms with Gasteiger partial charge in [0.25, 0.3) is 0 Å². The number of hydrogen-bond acceptors (Lipinski definition) is 4. The molecule has 1 atom stereocenters. The predicted octanol–water partition coefficient (Wildman–Crippen LogP) is 2.36. The minimum atomic E-state index is -0.590. The summed E-state index contributed by atoms with van der Waals surface area (Å²) in [5.41, 5.74) is 5.85. The maximum Gasteiger partial charge on any atom is 0.407 e. The quantitative estimate of drug-likeness (QED) is 0.890. The number of para-hydroxylation sites is 1. The summed E-state index contributed by atoms with van der Waals surface area (Å²) in [6, 6.07) is 3.90. The van der Waals surface area contributed by atoms with E-state index in [1.807, 2.05) is 0 Å². The van der Waals surface area contributed by atoms with Crippen molar-refractivity contribution in [3.63, 3.8) is 0 Å². The van der Waals surface area contributed by atoms with E-state index in [0.29, 0.717) is 5.56 Å². The normalized spacial score (nSPS) is 12.7. The maximum atomic E-state index is 13.5. The van der Waals surface area contributed by atoms with E-state index in [4.69, 9.17) is 15.2 Å². The zero-order valence-electron chi connectivity index (χ0n) is 12.2. The third-order valence-electron chi connectivity index (χ3n) is 2.47. The number of nitrogens with one attached hydrogen (secondary N) is 1. The molecule has 0 aromatic heterocycles. The van der Waals surface area contributed by atoms with Crippen LogP contribution in [0.1, 0.15) is 32.4 Å². The van der Waals surface area contributed by atoms with E-state index >= 15 is 0 Å². The molecule has 0 saturated heterocycles. The van der Waals surface area contributed by atoms with Crippen LogP contribution in [0.15, 0.2) is 18.2 Å². The number of alkyl carbamates (subject to hydrolysis) is 1. The van der Waals surface area contributed by atoms with Crippen LogP contribution >= 0.6 is 0 Å². The lowest BCUT2D eigenvalue weighted by Gasteiger charge is -2.21. The minimum absolute atomic E-state index is 0.0889. The van der Waals surface area contributed by atoms with Crippen LogP contribution in [-0.2, 0) is 4.74 Å². The molecule has 0 aliphatic heterocycles. The third kappa shape index (κ3) is 4.70. The van der Waals surface area contributed by atoms with Crippen LogP contribution in [0.3, 0.4) is 0 Å². The molecule has 0 aliphatic carbocycles. The predicted molar refractivity (Wildman–Crippen MR) is 74.1 cm³/mol. The number of carbonyl (C=O) groups excluding carboxylic acids is 1. The van der Waals surface area contributed by atoms with Gasteiger partial charge in [0.2, 0.25) is 0 Å². The van der Waals surface area contributed by atoms with E-state index in [0.717, 1.165) is 0 Å². The summed E-state index contributed by atoms with van der Waals surface area (Å²) in [6.07, 6.45) is -0.566. The molecule has 1 aromatic rings. The average Bonchev–Trinajstić information content (AvgIpc) is 2.33. The Hall–Kier alpha value is -1.82. The molecule has 1 amide bonds. The number of methoxy groups -OCH3 is 1. The molecule has 112 valence electrons. The first-order chi connectivity index (χ1) is 9.24. The van der Waals surface area contributed by atoms with Crippen LogP contribution in [0.4, 0.5) is 9.18 Å². The van der Waals surface area contributed by atoms with Gasteiger partial charge in [-0.3, -0.25) is 0 Å². The Morgan fingerprint density at radius 1 is 1.45 bits per heavy atom. The van der Waals surface area contributed by atoms with Crippen molar-refractivity contribution >= 4 is 6.09 Å². The van der Waals surface area contributed by atoms with E-state index < -0.39 is 23.6 Å². The molecule has 0 fully saturated rings. The van der Waals surface area contributed by atoms with Crippen LogP contribution < -0.4 is 15.8 Å². The monoisotopic (exact) mass is 284 g/mol. The van der Waals surface area contributed by atoms with Gasteiger partial charge in [-0.2, -0.15) is 0 Å². The van der Waals surface area contributed by atoms with Gasteiger partial charge in [-0.15, -0.1) is 0 Å². The van der Waals surface area contributed by atoms with E-state index in [1.54, 1.807) is 32.9 Å². The summed E-state index contributed by atoms with van der Waals surface area (Å²) >= 11 is 0. The van der Waals surface area contributed by atoms with Crippen LogP contribution in [0.25, 0.3) is 0 Å². The maximum absolute atomic E-state index is 13.5. The first-order valence-corrected chi connectivity index (χ1v) is 6.29. The summed E-state index contributed by atoms with van der Waals surface area (Å²) < 4.78 is 23.6. The highest BCUT2D eigenvalue weighted by Gasteiger charge is 2.19. The SMILES string of the molecule is COc1c(F)cccc1C(N)CNC(=O)OC(C)(C)C. The van der Waals surface area contributed by atoms with Crippen molar-refractivity contribution in [2.45, 2.75) is 32.4 Å². The Morgan fingerprint density at radius 2 is 2.10 bits per heavy atom. The third-order valence-corrected chi connectivity index (χ3v) is 2.47. The molecule has 0 spiro atoms. The van der Waals surface area contributed by atoms with Crippen molar-refractivity contribution in [3.8, 4) is 5.75 Å². The smallest absolute Gasteiger partial charge is 0.407 e. The Balaban J connectivity index is 2.66. The standard InChI is InChI=1S/C14H21FN2O3/c1-14(2,3)20-13(18)17-8-11(16)9-6-5-7-10(15)12(9)19-4/h5-7,11H,8,16H2,1-4H3,(H,17,18). The molecule has 5 nitrogen and oxygen atoms in total. The topological polar surface area (TPSA) is 73.6 Å². The van der Waals surface area contributed by atoms with Gasteiger partial charge < -0.3 is 20.5 Å². The summed E-state index contributed by atoms with van der Waals surface area (Å²) in [7, 11) is 1.37. The molecule has 0 bridgehead atoms. The number of ether oxygens (including phenoxy) is 2. The van der Waals surface area contributed by atoms with Gasteiger partial charge in [-0.1, -0.05) is 12.1 Å². The number of carbonyl (C=O) groups is 1. The average molecular weight is 284 g/mol. The van der Waals surface area contributed by atoms with Gasteiger partial charge >= 0.3 is 6.09 Å². The van der Waals surface area contributed by atoms with Crippen molar-refractivity contribution in [2.75, 3.05) is 13.7 Å². The molecule has 1 rings (SSSR count). The first-order valence-electron chi connectivity index (χ1n) is 6.29. The summed E-state index contributed by atoms with van der Waals surface area (Å²) in [4.78, 5) is 11.5. The largest absolute Gasteiger partial charge is 0.493 e. The molecular formula is C14H21FN2O3. The Kier molecular flexibility index (Phi) is 5.33. The van der Waals surface area contributed by atoms with Gasteiger partial charge in [0.1, 0.15) is 5.60 Å². The molecule has 6 heteroatoms.